The van der Waals surface area contributed by atoms with Crippen molar-refractivity contribution in [3.8, 4) is 0 Å². The van der Waals surface area contributed by atoms with E-state index >= 15 is 0 Å². The molecule has 5 nitrogen and oxygen atoms in total. The lowest BCUT2D eigenvalue weighted by molar-refractivity contribution is -0.918. The van der Waals surface area contributed by atoms with Gasteiger partial charge in [0.2, 0.25) is 10.0 Å². The molecule has 2 bridgehead atoms. The van der Waals surface area contributed by atoms with Crippen LogP contribution in [0.15, 0.2) is 30.3 Å². The van der Waals surface area contributed by atoms with Gasteiger partial charge in [-0.15, -0.1) is 0 Å². The van der Waals surface area contributed by atoms with Crippen LogP contribution in [0.1, 0.15) is 51.5 Å². The van der Waals surface area contributed by atoms with E-state index in [0.717, 1.165) is 45.3 Å². The quantitative estimate of drug-likeness (QED) is 0.755. The normalized spacial score (nSPS) is 34.6. The van der Waals surface area contributed by atoms with Crippen molar-refractivity contribution < 1.29 is 18.1 Å². The van der Waals surface area contributed by atoms with Gasteiger partial charge in [-0.25, -0.2) is 13.1 Å². The molecule has 2 atom stereocenters. The monoisotopic (exact) mass is 405 g/mol. The number of piperidine rings is 1. The Hall–Kier alpha value is -1.24. The number of Topliss-reactive ketones (excluding diaryl/α,β-unsaturated/α-hetero) is 1. The van der Waals surface area contributed by atoms with Crippen molar-refractivity contribution in [1.82, 2.24) is 4.72 Å². The summed E-state index contributed by atoms with van der Waals surface area (Å²) in [6.07, 6.45) is 3.98. The van der Waals surface area contributed by atoms with Gasteiger partial charge in [0.15, 0.2) is 0 Å². The van der Waals surface area contributed by atoms with Crippen LogP contribution in [0, 0.1) is 16.7 Å². The maximum absolute atomic E-state index is 13.0. The number of carbonyl (C=O) groups excluding carboxylic acids is 1. The van der Waals surface area contributed by atoms with Crippen molar-refractivity contribution in [3.05, 3.63) is 35.9 Å². The first-order valence-electron chi connectivity index (χ1n) is 10.6. The van der Waals surface area contributed by atoms with Crippen molar-refractivity contribution in [3.63, 3.8) is 0 Å². The summed E-state index contributed by atoms with van der Waals surface area (Å²) in [5.41, 5.74) is 0.443. The molecule has 2 N–H and O–H groups in total. The number of rotatable bonds is 6. The van der Waals surface area contributed by atoms with Crippen LogP contribution >= 0.6 is 0 Å². The minimum absolute atomic E-state index is 0.00209. The lowest BCUT2D eigenvalue weighted by Crippen LogP contribution is -3.12. The van der Waals surface area contributed by atoms with Crippen LogP contribution in [0.2, 0.25) is 0 Å². The SMILES string of the molecule is CC1(C)[C@@H]2CC[C@@]1(CS(=O)(=O)NC1CC[NH+](Cc3ccccc3)CC1)C(=O)C2. The largest absolute Gasteiger partial charge is 0.331 e. The van der Waals surface area contributed by atoms with Crippen LogP contribution in [-0.4, -0.2) is 39.1 Å². The van der Waals surface area contributed by atoms with Crippen LogP contribution in [0.25, 0.3) is 0 Å². The fourth-order valence-corrected chi connectivity index (χ4v) is 8.09. The van der Waals surface area contributed by atoms with Gasteiger partial charge < -0.3 is 4.90 Å². The highest BCUT2D eigenvalue weighted by Gasteiger charge is 2.65. The van der Waals surface area contributed by atoms with Crippen LogP contribution in [0.4, 0.5) is 0 Å². The van der Waals surface area contributed by atoms with Crippen molar-refractivity contribution in [1.29, 1.82) is 0 Å². The number of hydrogen-bond donors (Lipinski definition) is 2. The number of benzene rings is 1. The number of fused-ring (bicyclic) bond motifs is 2. The highest BCUT2D eigenvalue weighted by molar-refractivity contribution is 7.89. The molecule has 1 heterocycles. The average Bonchev–Trinajstić information content (AvgIpc) is 2.98. The Morgan fingerprint density at radius 3 is 2.36 bits per heavy atom. The molecule has 3 aliphatic rings. The molecule has 0 amide bonds. The third kappa shape index (κ3) is 3.55. The lowest BCUT2D eigenvalue weighted by Gasteiger charge is -2.37. The van der Waals surface area contributed by atoms with E-state index in [1.54, 1.807) is 0 Å². The third-order valence-electron chi connectivity index (χ3n) is 7.91. The van der Waals surface area contributed by atoms with Gasteiger partial charge in [-0.05, 0) is 24.2 Å². The minimum atomic E-state index is -3.47. The second kappa shape index (κ2) is 7.22. The summed E-state index contributed by atoms with van der Waals surface area (Å²) in [6.45, 7) is 7.12. The molecule has 28 heavy (non-hydrogen) atoms. The average molecular weight is 406 g/mol. The lowest BCUT2D eigenvalue weighted by atomic mass is 9.70. The van der Waals surface area contributed by atoms with E-state index in [-0.39, 0.29) is 23.0 Å². The molecule has 3 fully saturated rings. The van der Waals surface area contributed by atoms with Crippen molar-refractivity contribution in [2.24, 2.45) is 16.7 Å². The molecule has 1 aromatic rings. The number of likely N-dealkylation sites (tertiary alicyclic amines) is 1. The Morgan fingerprint density at radius 1 is 1.11 bits per heavy atom. The summed E-state index contributed by atoms with van der Waals surface area (Å²) in [4.78, 5) is 14.2. The van der Waals surface area contributed by atoms with E-state index in [2.05, 4.69) is 42.8 Å². The number of hydrogen-bond acceptors (Lipinski definition) is 3. The van der Waals surface area contributed by atoms with Crippen molar-refractivity contribution in [2.45, 2.75) is 58.5 Å². The molecule has 1 aromatic carbocycles. The Balaban J connectivity index is 1.34. The number of sulfonamides is 1. The zero-order valence-electron chi connectivity index (χ0n) is 17.0. The minimum Gasteiger partial charge on any atom is -0.331 e. The van der Waals surface area contributed by atoms with Gasteiger partial charge in [0.1, 0.15) is 12.3 Å². The van der Waals surface area contributed by atoms with Crippen molar-refractivity contribution >= 4 is 15.8 Å². The molecule has 0 spiro atoms. The van der Waals surface area contributed by atoms with Gasteiger partial charge in [0.05, 0.1) is 18.8 Å². The summed E-state index contributed by atoms with van der Waals surface area (Å²) in [6, 6.07) is 10.5. The van der Waals surface area contributed by atoms with Crippen LogP contribution < -0.4 is 9.62 Å². The first kappa shape index (κ1) is 20.0. The summed E-state index contributed by atoms with van der Waals surface area (Å²) < 4.78 is 28.9. The van der Waals surface area contributed by atoms with Gasteiger partial charge in [0.25, 0.3) is 0 Å². The van der Waals surface area contributed by atoms with Gasteiger partial charge >= 0.3 is 0 Å². The van der Waals surface area contributed by atoms with E-state index in [1.807, 2.05) is 6.07 Å². The Kier molecular flexibility index (Phi) is 5.17. The first-order chi connectivity index (χ1) is 13.2. The summed E-state index contributed by atoms with van der Waals surface area (Å²) in [7, 11) is -3.47. The topological polar surface area (TPSA) is 67.7 Å². The number of ketones is 1. The van der Waals surface area contributed by atoms with Crippen molar-refractivity contribution in [2.75, 3.05) is 18.8 Å². The summed E-state index contributed by atoms with van der Waals surface area (Å²) in [5, 5.41) is 0. The van der Waals surface area contributed by atoms with E-state index < -0.39 is 15.4 Å². The van der Waals surface area contributed by atoms with Crippen LogP contribution in [0.5, 0.6) is 0 Å². The summed E-state index contributed by atoms with van der Waals surface area (Å²) in [5.74, 6) is 0.487. The second-order valence-corrected chi connectivity index (χ2v) is 11.5. The third-order valence-corrected chi connectivity index (χ3v) is 9.48. The fourth-order valence-electron chi connectivity index (χ4n) is 5.93. The van der Waals surface area contributed by atoms with E-state index in [4.69, 9.17) is 0 Å². The zero-order valence-corrected chi connectivity index (χ0v) is 17.9. The molecule has 0 aromatic heterocycles. The predicted molar refractivity (Wildman–Crippen MR) is 109 cm³/mol. The molecule has 2 saturated carbocycles. The van der Waals surface area contributed by atoms with E-state index in [1.165, 1.54) is 10.5 Å². The molecule has 1 aliphatic heterocycles. The first-order valence-corrected chi connectivity index (χ1v) is 12.3. The highest BCUT2D eigenvalue weighted by Crippen LogP contribution is 2.64. The van der Waals surface area contributed by atoms with E-state index in [0.29, 0.717) is 12.3 Å². The fraction of sp³-hybridized carbons (Fsp3) is 0.682. The Labute approximate surface area is 168 Å². The molecule has 0 radical (unpaired) electrons. The summed E-state index contributed by atoms with van der Waals surface area (Å²) >= 11 is 0. The molecule has 6 heteroatoms. The molecular formula is C22H33N2O3S+. The molecule has 4 rings (SSSR count). The van der Waals surface area contributed by atoms with Gasteiger partial charge in [-0.1, -0.05) is 44.2 Å². The van der Waals surface area contributed by atoms with Crippen LogP contribution in [-0.2, 0) is 21.4 Å². The predicted octanol–water partition coefficient (Wildman–Crippen LogP) is 1.55. The second-order valence-electron chi connectivity index (χ2n) is 9.73. The van der Waals surface area contributed by atoms with Gasteiger partial charge in [-0.2, -0.15) is 0 Å². The Morgan fingerprint density at radius 2 is 1.79 bits per heavy atom. The molecule has 0 unspecified atom stereocenters. The van der Waals surface area contributed by atoms with E-state index in [9.17, 15) is 13.2 Å². The van der Waals surface area contributed by atoms with Crippen LogP contribution in [0.3, 0.4) is 0 Å². The number of carbonyl (C=O) groups is 1. The van der Waals surface area contributed by atoms with Gasteiger partial charge in [-0.3, -0.25) is 4.79 Å². The molecule has 2 aliphatic carbocycles. The number of nitrogens with one attached hydrogen (secondary N) is 2. The number of quaternary nitrogens is 1. The maximum atomic E-state index is 13.0. The maximum Gasteiger partial charge on any atom is 0.212 e. The smallest absolute Gasteiger partial charge is 0.212 e. The molecule has 154 valence electrons. The van der Waals surface area contributed by atoms with Gasteiger partial charge in [0, 0.05) is 36.3 Å². The highest BCUT2D eigenvalue weighted by atomic mass is 32.2. The zero-order chi connectivity index (χ0) is 20.0. The molecule has 1 saturated heterocycles. The Bertz CT molecular complexity index is 829. The standard InChI is InChI=1S/C22H32N2O3S/c1-21(2)18-8-11-22(21,20(25)14-18)16-28(26,27)23-19-9-12-24(13-10-19)15-17-6-4-3-5-7-17/h3-7,18-19,23H,8-16H2,1-2H3/p+1/t18-,22-/m1/s1. The molecular weight excluding hydrogens is 372 g/mol.